The molecule has 1 saturated heterocycles. The average Bonchev–Trinajstić information content (AvgIpc) is 2.68. The van der Waals surface area contributed by atoms with E-state index in [4.69, 9.17) is 14.2 Å². The summed E-state index contributed by atoms with van der Waals surface area (Å²) in [5, 5.41) is 0. The Balaban J connectivity index is 1.86. The van der Waals surface area contributed by atoms with Crippen molar-refractivity contribution in [3.05, 3.63) is 35.9 Å². The monoisotopic (exact) mass is 405 g/mol. The van der Waals surface area contributed by atoms with Gasteiger partial charge in [-0.05, 0) is 58.9 Å². The molecule has 0 unspecified atom stereocenters. The van der Waals surface area contributed by atoms with Gasteiger partial charge in [0.1, 0.15) is 5.60 Å². The van der Waals surface area contributed by atoms with Crippen molar-refractivity contribution in [3.8, 4) is 0 Å². The van der Waals surface area contributed by atoms with E-state index in [-0.39, 0.29) is 12.1 Å². The van der Waals surface area contributed by atoms with E-state index in [1.807, 2.05) is 58.0 Å². The Morgan fingerprint density at radius 2 is 1.76 bits per heavy atom. The van der Waals surface area contributed by atoms with E-state index in [1.54, 1.807) is 4.90 Å². The summed E-state index contributed by atoms with van der Waals surface area (Å²) in [7, 11) is 0. The number of hydrogen-bond donors (Lipinski definition) is 0. The lowest BCUT2D eigenvalue weighted by molar-refractivity contribution is -0.159. The predicted octanol–water partition coefficient (Wildman–Crippen LogP) is 4.56. The first-order chi connectivity index (χ1) is 13.8. The van der Waals surface area contributed by atoms with Crippen molar-refractivity contribution in [2.24, 2.45) is 5.41 Å². The molecule has 0 aromatic heterocycles. The van der Waals surface area contributed by atoms with E-state index in [1.165, 1.54) is 0 Å². The number of benzene rings is 1. The van der Waals surface area contributed by atoms with Crippen molar-refractivity contribution >= 4 is 12.1 Å². The summed E-state index contributed by atoms with van der Waals surface area (Å²) in [5.41, 5.74) is 0.0614. The Morgan fingerprint density at radius 3 is 2.34 bits per heavy atom. The molecule has 6 heteroatoms. The van der Waals surface area contributed by atoms with Crippen LogP contribution in [0.25, 0.3) is 0 Å². The second-order valence-corrected chi connectivity index (χ2v) is 8.61. The number of esters is 1. The van der Waals surface area contributed by atoms with Gasteiger partial charge in [-0.3, -0.25) is 4.79 Å². The van der Waals surface area contributed by atoms with E-state index >= 15 is 0 Å². The quantitative estimate of drug-likeness (QED) is 0.468. The molecular weight excluding hydrogens is 370 g/mol. The standard InChI is InChI=1S/C23H35NO5/c1-5-28-20(25)23(12-9-17-27-18-19-10-7-6-8-11-19)13-15-24(16-14-23)21(26)29-22(2,3)4/h6-8,10-11H,5,9,12-18H2,1-4H3. The van der Waals surface area contributed by atoms with Crippen molar-refractivity contribution in [2.75, 3.05) is 26.3 Å². The molecule has 0 spiro atoms. The van der Waals surface area contributed by atoms with Crippen LogP contribution in [0.5, 0.6) is 0 Å². The number of hydrogen-bond acceptors (Lipinski definition) is 5. The second-order valence-electron chi connectivity index (χ2n) is 8.61. The maximum Gasteiger partial charge on any atom is 0.410 e. The van der Waals surface area contributed by atoms with Gasteiger partial charge < -0.3 is 19.1 Å². The van der Waals surface area contributed by atoms with Gasteiger partial charge in [-0.1, -0.05) is 30.3 Å². The highest BCUT2D eigenvalue weighted by Crippen LogP contribution is 2.38. The van der Waals surface area contributed by atoms with Crippen LogP contribution in [0, 0.1) is 5.41 Å². The van der Waals surface area contributed by atoms with Crippen molar-refractivity contribution in [3.63, 3.8) is 0 Å². The van der Waals surface area contributed by atoms with E-state index < -0.39 is 11.0 Å². The fourth-order valence-electron chi connectivity index (χ4n) is 3.56. The number of carbonyl (C=O) groups is 2. The first-order valence-corrected chi connectivity index (χ1v) is 10.5. The molecule has 29 heavy (non-hydrogen) atoms. The third-order valence-corrected chi connectivity index (χ3v) is 5.14. The molecule has 1 fully saturated rings. The SMILES string of the molecule is CCOC(=O)C1(CCCOCc2ccccc2)CCN(C(=O)OC(C)(C)C)CC1. The van der Waals surface area contributed by atoms with E-state index in [2.05, 4.69) is 0 Å². The summed E-state index contributed by atoms with van der Waals surface area (Å²) < 4.78 is 16.6. The minimum atomic E-state index is -0.551. The van der Waals surface area contributed by atoms with Crippen molar-refractivity contribution in [2.45, 2.75) is 65.6 Å². The lowest BCUT2D eigenvalue weighted by Crippen LogP contribution is -2.48. The van der Waals surface area contributed by atoms with Crippen LogP contribution < -0.4 is 0 Å². The third kappa shape index (κ3) is 7.35. The van der Waals surface area contributed by atoms with Gasteiger partial charge in [0.05, 0.1) is 18.6 Å². The Labute approximate surface area is 174 Å². The Hall–Kier alpha value is -2.08. The molecule has 1 amide bonds. The topological polar surface area (TPSA) is 65.1 Å². The number of nitrogens with zero attached hydrogens (tertiary/aromatic N) is 1. The zero-order valence-electron chi connectivity index (χ0n) is 18.2. The van der Waals surface area contributed by atoms with Crippen LogP contribution in [0.3, 0.4) is 0 Å². The molecule has 1 heterocycles. The smallest absolute Gasteiger partial charge is 0.410 e. The van der Waals surface area contributed by atoms with Gasteiger partial charge in [0.2, 0.25) is 0 Å². The number of ether oxygens (including phenoxy) is 3. The molecule has 0 N–H and O–H groups in total. The van der Waals surface area contributed by atoms with Crippen molar-refractivity contribution in [1.82, 2.24) is 4.90 Å². The van der Waals surface area contributed by atoms with Gasteiger partial charge in [0.25, 0.3) is 0 Å². The largest absolute Gasteiger partial charge is 0.466 e. The molecule has 1 aromatic rings. The summed E-state index contributed by atoms with van der Waals surface area (Å²) in [6.45, 7) is 9.90. The fourth-order valence-corrected chi connectivity index (χ4v) is 3.56. The first kappa shape index (κ1) is 23.2. The molecule has 0 saturated carbocycles. The lowest BCUT2D eigenvalue weighted by atomic mass is 9.75. The van der Waals surface area contributed by atoms with Crippen molar-refractivity contribution in [1.29, 1.82) is 0 Å². The third-order valence-electron chi connectivity index (χ3n) is 5.14. The van der Waals surface area contributed by atoms with Crippen molar-refractivity contribution < 1.29 is 23.8 Å². The maximum absolute atomic E-state index is 12.7. The van der Waals surface area contributed by atoms with Gasteiger partial charge in [0, 0.05) is 19.7 Å². The zero-order valence-corrected chi connectivity index (χ0v) is 18.2. The molecule has 0 radical (unpaired) electrons. The van der Waals surface area contributed by atoms with Crippen LogP contribution in [0.15, 0.2) is 30.3 Å². The van der Waals surface area contributed by atoms with Gasteiger partial charge in [-0.25, -0.2) is 4.79 Å². The first-order valence-electron chi connectivity index (χ1n) is 10.5. The molecule has 1 aliphatic heterocycles. The second kappa shape index (κ2) is 10.6. The van der Waals surface area contributed by atoms with Crippen LogP contribution >= 0.6 is 0 Å². The molecule has 162 valence electrons. The summed E-state index contributed by atoms with van der Waals surface area (Å²) in [6, 6.07) is 10.0. The molecule has 2 rings (SSSR count). The average molecular weight is 406 g/mol. The van der Waals surface area contributed by atoms with Crippen LogP contribution in [-0.2, 0) is 25.6 Å². The van der Waals surface area contributed by atoms with Gasteiger partial charge in [0.15, 0.2) is 0 Å². The maximum atomic E-state index is 12.7. The van der Waals surface area contributed by atoms with E-state index in [9.17, 15) is 9.59 Å². The molecular formula is C23H35NO5. The minimum Gasteiger partial charge on any atom is -0.466 e. The summed E-state index contributed by atoms with van der Waals surface area (Å²) in [6.07, 6.45) is 2.33. The fraction of sp³-hybridized carbons (Fsp3) is 0.652. The number of piperidine rings is 1. The molecule has 0 aliphatic carbocycles. The normalized spacial score (nSPS) is 16.3. The molecule has 0 bridgehead atoms. The number of amides is 1. The van der Waals surface area contributed by atoms with Crippen LogP contribution in [-0.4, -0.2) is 48.9 Å². The summed E-state index contributed by atoms with van der Waals surface area (Å²) >= 11 is 0. The zero-order chi connectivity index (χ0) is 21.3. The number of carbonyl (C=O) groups excluding carboxylic acids is 2. The number of likely N-dealkylation sites (tertiary alicyclic amines) is 1. The Bertz CT molecular complexity index is 645. The molecule has 6 nitrogen and oxygen atoms in total. The van der Waals surface area contributed by atoms with Crippen LogP contribution in [0.2, 0.25) is 0 Å². The minimum absolute atomic E-state index is 0.160. The summed E-state index contributed by atoms with van der Waals surface area (Å²) in [4.78, 5) is 26.7. The number of rotatable bonds is 8. The highest BCUT2D eigenvalue weighted by atomic mass is 16.6. The van der Waals surface area contributed by atoms with Crippen LogP contribution in [0.1, 0.15) is 58.9 Å². The lowest BCUT2D eigenvalue weighted by Gasteiger charge is -2.40. The van der Waals surface area contributed by atoms with Gasteiger partial charge in [-0.15, -0.1) is 0 Å². The molecule has 1 aliphatic rings. The van der Waals surface area contributed by atoms with Gasteiger partial charge >= 0.3 is 12.1 Å². The van der Waals surface area contributed by atoms with E-state index in [0.29, 0.717) is 52.2 Å². The molecule has 0 atom stereocenters. The van der Waals surface area contributed by atoms with E-state index in [0.717, 1.165) is 12.0 Å². The highest BCUT2D eigenvalue weighted by molar-refractivity contribution is 5.77. The van der Waals surface area contributed by atoms with Gasteiger partial charge in [-0.2, -0.15) is 0 Å². The Morgan fingerprint density at radius 1 is 1.10 bits per heavy atom. The predicted molar refractivity (Wildman–Crippen MR) is 111 cm³/mol. The van der Waals surface area contributed by atoms with Crippen LogP contribution in [0.4, 0.5) is 4.79 Å². The Kier molecular flexibility index (Phi) is 8.50. The molecule has 1 aromatic carbocycles. The summed E-state index contributed by atoms with van der Waals surface area (Å²) in [5.74, 6) is -0.160. The highest BCUT2D eigenvalue weighted by Gasteiger charge is 2.43.